The molecule has 2 rings (SSSR count). The van der Waals surface area contributed by atoms with Crippen LogP contribution >= 0.6 is 0 Å². The molecule has 6 nitrogen and oxygen atoms in total. The third-order valence-corrected chi connectivity index (χ3v) is 3.51. The number of carbonyl (C=O) groups excluding carboxylic acids is 1. The van der Waals surface area contributed by atoms with Gasteiger partial charge in [0.1, 0.15) is 5.75 Å². The van der Waals surface area contributed by atoms with Crippen LogP contribution in [0.5, 0.6) is 17.2 Å². The van der Waals surface area contributed by atoms with Gasteiger partial charge in [0.25, 0.3) is 5.91 Å². The minimum Gasteiger partial charge on any atom is -0.493 e. The second-order valence-corrected chi connectivity index (χ2v) is 5.19. The Morgan fingerprint density at radius 1 is 1.08 bits per heavy atom. The van der Waals surface area contributed by atoms with Crippen molar-refractivity contribution in [3.63, 3.8) is 0 Å². The third-order valence-electron chi connectivity index (χ3n) is 3.51. The van der Waals surface area contributed by atoms with Crippen molar-refractivity contribution in [1.82, 2.24) is 5.43 Å². The number of ether oxygens (including phenoxy) is 3. The number of nitrogens with one attached hydrogen (secondary N) is 1. The number of hydrogen-bond acceptors (Lipinski definition) is 5. The molecule has 0 bridgehead atoms. The van der Waals surface area contributed by atoms with Gasteiger partial charge < -0.3 is 14.2 Å². The molecule has 0 radical (unpaired) electrons. The SMILES string of the molecule is CCc1ccc(OCC(=O)NN=Cc2ccc(OC)c(OC)c2)cc1. The molecule has 0 aliphatic carbocycles. The van der Waals surface area contributed by atoms with Gasteiger partial charge in [-0.2, -0.15) is 5.10 Å². The van der Waals surface area contributed by atoms with Gasteiger partial charge in [-0.3, -0.25) is 4.79 Å². The fourth-order valence-electron chi connectivity index (χ4n) is 2.11. The maximum Gasteiger partial charge on any atom is 0.277 e. The molecular weight excluding hydrogens is 320 g/mol. The number of methoxy groups -OCH3 is 2. The molecule has 0 heterocycles. The van der Waals surface area contributed by atoms with Crippen LogP contribution < -0.4 is 19.6 Å². The molecule has 0 saturated carbocycles. The third kappa shape index (κ3) is 5.53. The lowest BCUT2D eigenvalue weighted by molar-refractivity contribution is -0.123. The predicted octanol–water partition coefficient (Wildman–Crippen LogP) is 2.80. The van der Waals surface area contributed by atoms with Gasteiger partial charge in [-0.05, 0) is 47.9 Å². The van der Waals surface area contributed by atoms with E-state index in [2.05, 4.69) is 17.5 Å². The summed E-state index contributed by atoms with van der Waals surface area (Å²) in [5.74, 6) is 1.54. The molecule has 2 aromatic rings. The maximum absolute atomic E-state index is 11.8. The molecule has 132 valence electrons. The predicted molar refractivity (Wildman–Crippen MR) is 96.6 cm³/mol. The average Bonchev–Trinajstić information content (AvgIpc) is 2.66. The summed E-state index contributed by atoms with van der Waals surface area (Å²) in [5, 5.41) is 3.91. The highest BCUT2D eigenvalue weighted by molar-refractivity contribution is 5.83. The standard InChI is InChI=1S/C19H22N2O4/c1-4-14-5-8-16(9-6-14)25-13-19(22)21-20-12-15-7-10-17(23-2)18(11-15)24-3/h5-12H,4,13H2,1-3H3,(H,21,22). The average molecular weight is 342 g/mol. The molecule has 0 atom stereocenters. The molecule has 6 heteroatoms. The molecule has 0 saturated heterocycles. The molecular formula is C19H22N2O4. The molecule has 1 N–H and O–H groups in total. The Labute approximate surface area is 147 Å². The van der Waals surface area contributed by atoms with Crippen LogP contribution in [0, 0.1) is 0 Å². The number of rotatable bonds is 8. The topological polar surface area (TPSA) is 69.2 Å². The van der Waals surface area contributed by atoms with Gasteiger partial charge in [0.2, 0.25) is 0 Å². The number of aryl methyl sites for hydroxylation is 1. The Morgan fingerprint density at radius 2 is 1.80 bits per heavy atom. The lowest BCUT2D eigenvalue weighted by atomic mass is 10.2. The zero-order valence-corrected chi connectivity index (χ0v) is 14.6. The van der Waals surface area contributed by atoms with E-state index in [1.54, 1.807) is 26.4 Å². The van der Waals surface area contributed by atoms with E-state index >= 15 is 0 Å². The summed E-state index contributed by atoms with van der Waals surface area (Å²) in [6.45, 7) is 1.98. The number of nitrogens with zero attached hydrogens (tertiary/aromatic N) is 1. The van der Waals surface area contributed by atoms with Crippen molar-refractivity contribution < 1.29 is 19.0 Å². The second kappa shape index (κ2) is 9.32. The lowest BCUT2D eigenvalue weighted by Crippen LogP contribution is -2.24. The Hall–Kier alpha value is -3.02. The number of hydrogen-bond donors (Lipinski definition) is 1. The first kappa shape index (κ1) is 18.3. The van der Waals surface area contributed by atoms with Crippen LogP contribution in [-0.2, 0) is 11.2 Å². The first-order valence-electron chi connectivity index (χ1n) is 7.92. The molecule has 1 amide bonds. The van der Waals surface area contributed by atoms with E-state index in [0.29, 0.717) is 17.2 Å². The van der Waals surface area contributed by atoms with Crippen LogP contribution in [0.1, 0.15) is 18.1 Å². The van der Waals surface area contributed by atoms with Crippen molar-refractivity contribution in [3.05, 3.63) is 53.6 Å². The van der Waals surface area contributed by atoms with Gasteiger partial charge in [0.05, 0.1) is 20.4 Å². The first-order chi connectivity index (χ1) is 12.2. The monoisotopic (exact) mass is 342 g/mol. The van der Waals surface area contributed by atoms with Crippen molar-refractivity contribution >= 4 is 12.1 Å². The molecule has 0 aliphatic rings. The van der Waals surface area contributed by atoms with E-state index in [-0.39, 0.29) is 12.5 Å². The van der Waals surface area contributed by atoms with E-state index in [1.807, 2.05) is 30.3 Å². The zero-order chi connectivity index (χ0) is 18.1. The van der Waals surface area contributed by atoms with Crippen LogP contribution in [0.2, 0.25) is 0 Å². The Kier molecular flexibility index (Phi) is 6.83. The Bertz CT molecular complexity index is 727. The number of hydrazone groups is 1. The quantitative estimate of drug-likeness (QED) is 0.592. The van der Waals surface area contributed by atoms with Gasteiger partial charge in [-0.1, -0.05) is 19.1 Å². The van der Waals surface area contributed by atoms with Gasteiger partial charge >= 0.3 is 0 Å². The minimum atomic E-state index is -0.337. The summed E-state index contributed by atoms with van der Waals surface area (Å²) in [6.07, 6.45) is 2.49. The van der Waals surface area contributed by atoms with Crippen molar-refractivity contribution in [1.29, 1.82) is 0 Å². The van der Waals surface area contributed by atoms with Crippen LogP contribution in [0.15, 0.2) is 47.6 Å². The smallest absolute Gasteiger partial charge is 0.277 e. The van der Waals surface area contributed by atoms with Gasteiger partial charge in [-0.25, -0.2) is 5.43 Å². The summed E-state index contributed by atoms with van der Waals surface area (Å²) in [5.41, 5.74) is 4.41. The van der Waals surface area contributed by atoms with Gasteiger partial charge in [-0.15, -0.1) is 0 Å². The van der Waals surface area contributed by atoms with Crippen molar-refractivity contribution in [3.8, 4) is 17.2 Å². The highest BCUT2D eigenvalue weighted by atomic mass is 16.5. The van der Waals surface area contributed by atoms with Gasteiger partial charge in [0, 0.05) is 0 Å². The van der Waals surface area contributed by atoms with E-state index in [4.69, 9.17) is 14.2 Å². The summed E-state index contributed by atoms with van der Waals surface area (Å²) in [4.78, 5) is 11.8. The highest BCUT2D eigenvalue weighted by Crippen LogP contribution is 2.26. The second-order valence-electron chi connectivity index (χ2n) is 5.19. The fraction of sp³-hybridized carbons (Fsp3) is 0.263. The van der Waals surface area contributed by atoms with E-state index in [1.165, 1.54) is 11.8 Å². The first-order valence-corrected chi connectivity index (χ1v) is 7.92. The summed E-state index contributed by atoms with van der Waals surface area (Å²) < 4.78 is 15.8. The van der Waals surface area contributed by atoms with Crippen LogP contribution in [0.4, 0.5) is 0 Å². The number of amides is 1. The highest BCUT2D eigenvalue weighted by Gasteiger charge is 2.04. The van der Waals surface area contributed by atoms with Crippen molar-refractivity contribution in [2.45, 2.75) is 13.3 Å². The summed E-state index contributed by atoms with van der Waals surface area (Å²) in [6, 6.07) is 13.0. The Balaban J connectivity index is 1.83. The lowest BCUT2D eigenvalue weighted by Gasteiger charge is -2.07. The molecule has 0 unspecified atom stereocenters. The zero-order valence-electron chi connectivity index (χ0n) is 14.6. The molecule has 0 spiro atoms. The summed E-state index contributed by atoms with van der Waals surface area (Å²) >= 11 is 0. The number of benzene rings is 2. The minimum absolute atomic E-state index is 0.102. The van der Waals surface area contributed by atoms with Crippen molar-refractivity contribution in [2.24, 2.45) is 5.10 Å². The van der Waals surface area contributed by atoms with Crippen LogP contribution in [-0.4, -0.2) is 32.9 Å². The van der Waals surface area contributed by atoms with E-state index < -0.39 is 0 Å². The molecule has 2 aromatic carbocycles. The number of carbonyl (C=O) groups is 1. The normalized spacial score (nSPS) is 10.5. The molecule has 25 heavy (non-hydrogen) atoms. The summed E-state index contributed by atoms with van der Waals surface area (Å²) in [7, 11) is 3.13. The van der Waals surface area contributed by atoms with Gasteiger partial charge in [0.15, 0.2) is 18.1 Å². The largest absolute Gasteiger partial charge is 0.493 e. The Morgan fingerprint density at radius 3 is 2.44 bits per heavy atom. The van der Waals surface area contributed by atoms with Crippen LogP contribution in [0.25, 0.3) is 0 Å². The van der Waals surface area contributed by atoms with E-state index in [9.17, 15) is 4.79 Å². The fourth-order valence-corrected chi connectivity index (χ4v) is 2.11. The van der Waals surface area contributed by atoms with Crippen LogP contribution in [0.3, 0.4) is 0 Å². The van der Waals surface area contributed by atoms with Crippen molar-refractivity contribution in [2.75, 3.05) is 20.8 Å². The molecule has 0 aromatic heterocycles. The molecule has 0 aliphatic heterocycles. The maximum atomic E-state index is 11.8. The van der Waals surface area contributed by atoms with E-state index in [0.717, 1.165) is 12.0 Å². The molecule has 0 fully saturated rings.